The molecule has 0 spiro atoms. The van der Waals surface area contributed by atoms with Crippen molar-refractivity contribution in [3.8, 4) is 0 Å². The zero-order valence-corrected chi connectivity index (χ0v) is 17.9. The Balaban J connectivity index is 1.93. The SMILES string of the molecule is O=S(Cc1c(Br)c2ccccc2n1S(=O)(=O)c1ccccc1)c1ccccc1. The highest BCUT2D eigenvalue weighted by atomic mass is 79.9. The lowest BCUT2D eigenvalue weighted by molar-refractivity contribution is 0.587. The van der Waals surface area contributed by atoms with E-state index in [0.29, 0.717) is 20.6 Å². The van der Waals surface area contributed by atoms with E-state index in [2.05, 4.69) is 15.9 Å². The van der Waals surface area contributed by atoms with Crippen molar-refractivity contribution in [2.45, 2.75) is 15.5 Å². The fourth-order valence-corrected chi connectivity index (χ4v) is 6.86. The Morgan fingerprint density at radius 2 is 1.39 bits per heavy atom. The molecule has 0 fully saturated rings. The van der Waals surface area contributed by atoms with Crippen molar-refractivity contribution in [2.24, 2.45) is 0 Å². The number of aromatic nitrogens is 1. The Morgan fingerprint density at radius 1 is 0.821 bits per heavy atom. The maximum absolute atomic E-state index is 13.4. The highest BCUT2D eigenvalue weighted by molar-refractivity contribution is 9.10. The van der Waals surface area contributed by atoms with E-state index in [4.69, 9.17) is 0 Å². The van der Waals surface area contributed by atoms with E-state index >= 15 is 0 Å². The number of fused-ring (bicyclic) bond motifs is 1. The van der Waals surface area contributed by atoms with E-state index in [-0.39, 0.29) is 10.6 Å². The van der Waals surface area contributed by atoms with Crippen LogP contribution in [-0.4, -0.2) is 16.6 Å². The van der Waals surface area contributed by atoms with E-state index in [9.17, 15) is 12.6 Å². The summed E-state index contributed by atoms with van der Waals surface area (Å²) in [6, 6.07) is 24.6. The summed E-state index contributed by atoms with van der Waals surface area (Å²) < 4.78 is 41.8. The molecule has 4 nitrogen and oxygen atoms in total. The van der Waals surface area contributed by atoms with E-state index in [1.165, 1.54) is 3.97 Å². The zero-order chi connectivity index (χ0) is 19.7. The Labute approximate surface area is 174 Å². The Kier molecular flexibility index (Phi) is 5.23. The summed E-state index contributed by atoms with van der Waals surface area (Å²) >= 11 is 3.55. The number of nitrogens with zero attached hydrogens (tertiary/aromatic N) is 1. The van der Waals surface area contributed by atoms with E-state index < -0.39 is 20.8 Å². The molecule has 0 N–H and O–H groups in total. The van der Waals surface area contributed by atoms with Gasteiger partial charge in [-0.25, -0.2) is 12.4 Å². The zero-order valence-electron chi connectivity index (χ0n) is 14.7. The molecule has 4 aromatic rings. The molecule has 1 atom stereocenters. The third kappa shape index (κ3) is 3.34. The van der Waals surface area contributed by atoms with Crippen molar-refractivity contribution in [2.75, 3.05) is 0 Å². The normalized spacial score (nSPS) is 12.9. The molecule has 0 radical (unpaired) electrons. The van der Waals surface area contributed by atoms with Gasteiger partial charge < -0.3 is 0 Å². The minimum Gasteiger partial charge on any atom is -0.254 e. The first kappa shape index (κ1) is 19.1. The molecule has 0 bridgehead atoms. The summed E-state index contributed by atoms with van der Waals surface area (Å²) in [5.74, 6) is 0.0747. The largest absolute Gasteiger partial charge is 0.268 e. The van der Waals surface area contributed by atoms with Crippen molar-refractivity contribution in [3.05, 3.63) is 95.1 Å². The average Bonchev–Trinajstić information content (AvgIpc) is 3.02. The van der Waals surface area contributed by atoms with Gasteiger partial charge in [0, 0.05) is 14.8 Å². The summed E-state index contributed by atoms with van der Waals surface area (Å²) in [7, 11) is -5.24. The van der Waals surface area contributed by atoms with Gasteiger partial charge >= 0.3 is 0 Å². The summed E-state index contributed by atoms with van der Waals surface area (Å²) in [6.07, 6.45) is 0. The van der Waals surface area contributed by atoms with Crippen LogP contribution < -0.4 is 0 Å². The number of rotatable bonds is 5. The summed E-state index contributed by atoms with van der Waals surface area (Å²) in [5.41, 5.74) is 1.02. The number of benzene rings is 3. The molecule has 0 saturated heterocycles. The molecule has 142 valence electrons. The average molecular weight is 474 g/mol. The van der Waals surface area contributed by atoms with Crippen LogP contribution >= 0.6 is 15.9 Å². The molecule has 4 rings (SSSR count). The lowest BCUT2D eigenvalue weighted by atomic mass is 10.2. The summed E-state index contributed by atoms with van der Waals surface area (Å²) in [4.78, 5) is 0.846. The van der Waals surface area contributed by atoms with Gasteiger partial charge in [-0.1, -0.05) is 54.6 Å². The van der Waals surface area contributed by atoms with Crippen molar-refractivity contribution in [1.82, 2.24) is 3.97 Å². The van der Waals surface area contributed by atoms with Crippen LogP contribution in [0.2, 0.25) is 0 Å². The Hall–Kier alpha value is -2.22. The van der Waals surface area contributed by atoms with Gasteiger partial charge in [-0.2, -0.15) is 0 Å². The van der Waals surface area contributed by atoms with Gasteiger partial charge in [-0.3, -0.25) is 4.21 Å². The molecular formula is C21H16BrNO3S2. The fraction of sp³-hybridized carbons (Fsp3) is 0.0476. The van der Waals surface area contributed by atoms with Crippen LogP contribution in [0.1, 0.15) is 5.69 Å². The van der Waals surface area contributed by atoms with Gasteiger partial charge in [-0.05, 0) is 46.3 Å². The van der Waals surface area contributed by atoms with Crippen LogP contribution in [0, 0.1) is 0 Å². The molecular weight excluding hydrogens is 458 g/mol. The number of hydrogen-bond donors (Lipinski definition) is 0. The van der Waals surface area contributed by atoms with Gasteiger partial charge in [-0.15, -0.1) is 0 Å². The van der Waals surface area contributed by atoms with Gasteiger partial charge in [0.25, 0.3) is 10.0 Å². The van der Waals surface area contributed by atoms with Gasteiger partial charge in [0.05, 0.1) is 32.7 Å². The van der Waals surface area contributed by atoms with Crippen LogP contribution in [0.4, 0.5) is 0 Å². The Bertz CT molecular complexity index is 1270. The third-order valence-corrected chi connectivity index (χ3v) is 8.40. The van der Waals surface area contributed by atoms with Gasteiger partial charge in [0.15, 0.2) is 0 Å². The van der Waals surface area contributed by atoms with E-state index in [1.807, 2.05) is 30.3 Å². The number of para-hydroxylation sites is 1. The smallest absolute Gasteiger partial charge is 0.254 e. The minimum atomic E-state index is -3.85. The summed E-state index contributed by atoms with van der Waals surface area (Å²) in [5, 5.41) is 0.766. The number of halogens is 1. The summed E-state index contributed by atoms with van der Waals surface area (Å²) in [6.45, 7) is 0. The van der Waals surface area contributed by atoms with E-state index in [0.717, 1.165) is 5.39 Å². The molecule has 1 aromatic heterocycles. The molecule has 0 amide bonds. The first-order valence-electron chi connectivity index (χ1n) is 8.52. The quantitative estimate of drug-likeness (QED) is 0.412. The predicted molar refractivity (Wildman–Crippen MR) is 115 cm³/mol. The third-order valence-electron chi connectivity index (χ3n) is 4.41. The predicted octanol–water partition coefficient (Wildman–Crippen LogP) is 4.95. The standard InChI is InChI=1S/C21H16BrNO3S2/c22-21-18-13-7-8-14-19(18)23(28(25,26)17-11-5-2-6-12-17)20(21)15-27(24)16-9-3-1-4-10-16/h1-14H,15H2. The second-order valence-electron chi connectivity index (χ2n) is 6.16. The van der Waals surface area contributed by atoms with Gasteiger partial charge in [0.2, 0.25) is 0 Å². The molecule has 1 unspecified atom stereocenters. The van der Waals surface area contributed by atoms with Crippen LogP contribution in [0.25, 0.3) is 10.9 Å². The molecule has 28 heavy (non-hydrogen) atoms. The van der Waals surface area contributed by atoms with Crippen LogP contribution in [0.15, 0.2) is 99.2 Å². The lowest BCUT2D eigenvalue weighted by Gasteiger charge is -2.12. The van der Waals surface area contributed by atoms with Crippen LogP contribution in [0.3, 0.4) is 0 Å². The molecule has 7 heteroatoms. The van der Waals surface area contributed by atoms with Crippen molar-refractivity contribution in [3.63, 3.8) is 0 Å². The topological polar surface area (TPSA) is 56.1 Å². The monoisotopic (exact) mass is 473 g/mol. The molecule has 0 aliphatic carbocycles. The highest BCUT2D eigenvalue weighted by Crippen LogP contribution is 2.35. The van der Waals surface area contributed by atoms with Crippen molar-refractivity contribution < 1.29 is 12.6 Å². The van der Waals surface area contributed by atoms with E-state index in [1.54, 1.807) is 54.6 Å². The first-order valence-corrected chi connectivity index (χ1v) is 12.1. The maximum Gasteiger partial charge on any atom is 0.268 e. The van der Waals surface area contributed by atoms with Crippen molar-refractivity contribution >= 4 is 47.7 Å². The molecule has 0 saturated carbocycles. The second kappa shape index (κ2) is 7.66. The maximum atomic E-state index is 13.4. The number of hydrogen-bond acceptors (Lipinski definition) is 3. The molecule has 1 heterocycles. The Morgan fingerprint density at radius 3 is 2.07 bits per heavy atom. The molecule has 0 aliphatic heterocycles. The highest BCUT2D eigenvalue weighted by Gasteiger charge is 2.27. The lowest BCUT2D eigenvalue weighted by Crippen LogP contribution is -2.17. The van der Waals surface area contributed by atoms with Crippen LogP contribution in [0.5, 0.6) is 0 Å². The minimum absolute atomic E-state index is 0.0747. The van der Waals surface area contributed by atoms with Crippen LogP contribution in [-0.2, 0) is 26.6 Å². The molecule has 0 aliphatic rings. The second-order valence-corrected chi connectivity index (χ2v) is 10.2. The fourth-order valence-electron chi connectivity index (χ4n) is 3.10. The van der Waals surface area contributed by atoms with Gasteiger partial charge in [0.1, 0.15) is 0 Å². The van der Waals surface area contributed by atoms with Crippen molar-refractivity contribution in [1.29, 1.82) is 0 Å². The first-order chi connectivity index (χ1) is 13.5. The molecule has 3 aromatic carbocycles.